The van der Waals surface area contributed by atoms with E-state index in [-0.39, 0.29) is 17.8 Å². The third kappa shape index (κ3) is 5.43. The number of aliphatic hydroxyl groups excluding tert-OH is 1. The maximum atomic E-state index is 11.7. The molecule has 8 nitrogen and oxygen atoms in total. The number of anilines is 1. The summed E-state index contributed by atoms with van der Waals surface area (Å²) in [5.74, 6) is 0.430. The number of aromatic amines is 1. The van der Waals surface area contributed by atoms with Gasteiger partial charge in [0.2, 0.25) is 0 Å². The molecule has 2 heterocycles. The topological polar surface area (TPSA) is 115 Å². The van der Waals surface area contributed by atoms with Crippen LogP contribution in [0.25, 0.3) is 21.8 Å². The second-order valence-corrected chi connectivity index (χ2v) is 9.46. The number of ether oxygens (including phenoxy) is 1. The fourth-order valence-electron chi connectivity index (χ4n) is 4.11. The first-order valence-corrected chi connectivity index (χ1v) is 12.3. The predicted octanol–water partition coefficient (Wildman–Crippen LogP) is 3.61. The Morgan fingerprint density at radius 1 is 1.00 bits per heavy atom. The van der Waals surface area contributed by atoms with Gasteiger partial charge in [-0.3, -0.25) is 14.9 Å². The molecule has 3 aromatic carbocycles. The van der Waals surface area contributed by atoms with Crippen molar-refractivity contribution in [3.8, 4) is 5.75 Å². The largest absolute Gasteiger partial charge is 0.490 e. The van der Waals surface area contributed by atoms with Crippen LogP contribution in [0.1, 0.15) is 5.56 Å². The Hall–Kier alpha value is -3.53. The molecule has 0 radical (unpaired) electrons. The summed E-state index contributed by atoms with van der Waals surface area (Å²) in [6.45, 7) is 1.32. The van der Waals surface area contributed by atoms with E-state index in [0.29, 0.717) is 13.1 Å². The van der Waals surface area contributed by atoms with Crippen molar-refractivity contribution in [1.29, 1.82) is 0 Å². The quantitative estimate of drug-likeness (QED) is 0.216. The summed E-state index contributed by atoms with van der Waals surface area (Å²) in [6, 6.07) is 21.7. The zero-order chi connectivity index (χ0) is 24.2. The number of thioether (sulfide) groups is 1. The molecule has 2 atom stereocenters. The number of imide groups is 1. The van der Waals surface area contributed by atoms with E-state index < -0.39 is 11.5 Å². The van der Waals surface area contributed by atoms with Crippen LogP contribution >= 0.6 is 11.8 Å². The number of para-hydroxylation sites is 1. The summed E-state index contributed by atoms with van der Waals surface area (Å²) in [5, 5.41) is 20.2. The molecular weight excluding hydrogens is 464 g/mol. The predicted molar refractivity (Wildman–Crippen MR) is 139 cm³/mol. The third-order valence-electron chi connectivity index (χ3n) is 5.83. The van der Waals surface area contributed by atoms with Crippen LogP contribution in [0.5, 0.6) is 5.75 Å². The van der Waals surface area contributed by atoms with Gasteiger partial charge in [-0.1, -0.05) is 36.4 Å². The molecule has 1 unspecified atom stereocenters. The van der Waals surface area contributed by atoms with Crippen molar-refractivity contribution in [2.45, 2.75) is 17.9 Å². The summed E-state index contributed by atoms with van der Waals surface area (Å²) in [5.41, 5.74) is 3.97. The highest BCUT2D eigenvalue weighted by Crippen LogP contribution is 2.33. The number of H-pyrrole nitrogens is 1. The van der Waals surface area contributed by atoms with Gasteiger partial charge in [-0.25, -0.2) is 0 Å². The Morgan fingerprint density at radius 3 is 2.60 bits per heavy atom. The number of fused-ring (bicyclic) bond motifs is 3. The highest BCUT2D eigenvalue weighted by atomic mass is 32.2. The minimum atomic E-state index is -0.639. The number of aromatic nitrogens is 1. The van der Waals surface area contributed by atoms with Gasteiger partial charge in [0.15, 0.2) is 5.37 Å². The van der Waals surface area contributed by atoms with E-state index >= 15 is 0 Å². The number of hydrogen-bond donors (Lipinski definition) is 5. The molecule has 1 aliphatic heterocycles. The van der Waals surface area contributed by atoms with Gasteiger partial charge in [-0.2, -0.15) is 0 Å². The minimum absolute atomic E-state index is 0.196. The molecule has 180 valence electrons. The lowest BCUT2D eigenvalue weighted by Gasteiger charge is -2.14. The molecule has 1 fully saturated rings. The summed E-state index contributed by atoms with van der Waals surface area (Å²) in [7, 11) is 0. The van der Waals surface area contributed by atoms with Crippen molar-refractivity contribution >= 4 is 50.4 Å². The molecule has 5 N–H and O–H groups in total. The zero-order valence-electron chi connectivity index (χ0n) is 18.9. The molecule has 9 heteroatoms. The number of rotatable bonds is 10. The summed E-state index contributed by atoms with van der Waals surface area (Å²) < 4.78 is 5.98. The SMILES string of the molecule is O=C1NC(=O)C(Nc2ccc(CCNC[C@H](O)COc3cccc4[nH]c5ccccc5c34)cc2)S1. The van der Waals surface area contributed by atoms with E-state index in [0.717, 1.165) is 57.0 Å². The van der Waals surface area contributed by atoms with Gasteiger partial charge in [0.25, 0.3) is 11.1 Å². The summed E-state index contributed by atoms with van der Waals surface area (Å²) in [6.07, 6.45) is 0.152. The van der Waals surface area contributed by atoms with Gasteiger partial charge in [0.05, 0.1) is 5.52 Å². The average Bonchev–Trinajstić information content (AvgIpc) is 3.40. The van der Waals surface area contributed by atoms with E-state index in [4.69, 9.17) is 4.74 Å². The molecule has 2 amide bonds. The number of amides is 2. The van der Waals surface area contributed by atoms with Crippen LogP contribution in [0.15, 0.2) is 66.7 Å². The normalized spacial score (nSPS) is 16.5. The average molecular weight is 491 g/mol. The van der Waals surface area contributed by atoms with Crippen molar-refractivity contribution in [2.75, 3.05) is 25.0 Å². The zero-order valence-corrected chi connectivity index (χ0v) is 19.7. The molecule has 1 aliphatic rings. The van der Waals surface area contributed by atoms with Crippen LogP contribution in [0.3, 0.4) is 0 Å². The minimum Gasteiger partial charge on any atom is -0.490 e. The highest BCUT2D eigenvalue weighted by Gasteiger charge is 2.31. The Morgan fingerprint density at radius 2 is 1.80 bits per heavy atom. The monoisotopic (exact) mass is 490 g/mol. The van der Waals surface area contributed by atoms with E-state index in [9.17, 15) is 14.7 Å². The maximum absolute atomic E-state index is 11.7. The fraction of sp³-hybridized carbons (Fsp3) is 0.231. The van der Waals surface area contributed by atoms with E-state index in [1.807, 2.05) is 60.7 Å². The number of benzene rings is 3. The van der Waals surface area contributed by atoms with E-state index in [1.165, 1.54) is 0 Å². The Balaban J connectivity index is 1.06. The molecule has 0 aliphatic carbocycles. The van der Waals surface area contributed by atoms with E-state index in [2.05, 4.69) is 27.0 Å². The number of aliphatic hydroxyl groups is 1. The lowest BCUT2D eigenvalue weighted by Crippen LogP contribution is -2.32. The molecule has 4 aromatic rings. The Kier molecular flexibility index (Phi) is 6.89. The highest BCUT2D eigenvalue weighted by molar-refractivity contribution is 8.15. The molecule has 0 bridgehead atoms. The van der Waals surface area contributed by atoms with Gasteiger partial charge in [0.1, 0.15) is 18.5 Å². The van der Waals surface area contributed by atoms with Gasteiger partial charge in [-0.05, 0) is 60.6 Å². The molecule has 1 saturated heterocycles. The number of hydrogen-bond acceptors (Lipinski definition) is 7. The molecule has 5 rings (SSSR count). The Labute approximate surface area is 206 Å². The third-order valence-corrected chi connectivity index (χ3v) is 6.72. The smallest absolute Gasteiger partial charge is 0.288 e. The summed E-state index contributed by atoms with van der Waals surface area (Å²) >= 11 is 0.940. The first-order valence-electron chi connectivity index (χ1n) is 11.4. The van der Waals surface area contributed by atoms with Crippen LogP contribution in [0.2, 0.25) is 0 Å². The van der Waals surface area contributed by atoms with Crippen LogP contribution in [0, 0.1) is 0 Å². The van der Waals surface area contributed by atoms with Gasteiger partial charge in [-0.15, -0.1) is 0 Å². The first-order chi connectivity index (χ1) is 17.1. The molecule has 35 heavy (non-hydrogen) atoms. The van der Waals surface area contributed by atoms with Crippen LogP contribution in [-0.2, 0) is 11.2 Å². The van der Waals surface area contributed by atoms with Crippen molar-refractivity contribution in [2.24, 2.45) is 0 Å². The summed E-state index contributed by atoms with van der Waals surface area (Å²) in [4.78, 5) is 26.3. The second kappa shape index (κ2) is 10.4. The molecule has 0 saturated carbocycles. The lowest BCUT2D eigenvalue weighted by atomic mass is 10.1. The number of carbonyl (C=O) groups is 2. The molecule has 1 aromatic heterocycles. The lowest BCUT2D eigenvalue weighted by molar-refractivity contribution is -0.118. The van der Waals surface area contributed by atoms with E-state index in [1.54, 1.807) is 0 Å². The maximum Gasteiger partial charge on any atom is 0.288 e. The standard InChI is InChI=1S/C26H26N4O4S/c31-18(15-34-22-7-3-6-21-23(22)19-4-1-2-5-20(19)29-21)14-27-13-12-16-8-10-17(11-9-16)28-25-24(32)30-26(33)35-25/h1-11,18,25,27-29,31H,12-15H2,(H,30,32,33)/t18-,25?/m0/s1. The van der Waals surface area contributed by atoms with Crippen LogP contribution in [0.4, 0.5) is 10.5 Å². The van der Waals surface area contributed by atoms with Crippen LogP contribution in [-0.4, -0.2) is 52.4 Å². The van der Waals surface area contributed by atoms with Crippen LogP contribution < -0.4 is 20.7 Å². The number of nitrogens with one attached hydrogen (secondary N) is 4. The van der Waals surface area contributed by atoms with Crippen molar-refractivity contribution in [3.05, 3.63) is 72.3 Å². The van der Waals surface area contributed by atoms with Crippen molar-refractivity contribution in [3.63, 3.8) is 0 Å². The van der Waals surface area contributed by atoms with Crippen molar-refractivity contribution in [1.82, 2.24) is 15.6 Å². The van der Waals surface area contributed by atoms with Crippen molar-refractivity contribution < 1.29 is 19.4 Å². The molecular formula is C26H26N4O4S. The second-order valence-electron chi connectivity index (χ2n) is 8.38. The fourth-order valence-corrected chi connectivity index (χ4v) is 4.84. The van der Waals surface area contributed by atoms with Gasteiger partial charge >= 0.3 is 0 Å². The molecule has 0 spiro atoms. The van der Waals surface area contributed by atoms with Gasteiger partial charge in [0, 0.05) is 28.5 Å². The Bertz CT molecular complexity index is 1350. The van der Waals surface area contributed by atoms with Gasteiger partial charge < -0.3 is 25.5 Å². The first kappa shape index (κ1) is 23.2. The number of carbonyl (C=O) groups excluding carboxylic acids is 2.